The van der Waals surface area contributed by atoms with Crippen LogP contribution in [0.25, 0.3) is 0 Å². The van der Waals surface area contributed by atoms with Crippen molar-refractivity contribution in [1.29, 1.82) is 0 Å². The van der Waals surface area contributed by atoms with Gasteiger partial charge in [0.25, 0.3) is 0 Å². The smallest absolute Gasteiger partial charge is 0.410 e. The molecule has 0 spiro atoms. The zero-order valence-corrected chi connectivity index (χ0v) is 13.8. The van der Waals surface area contributed by atoms with Gasteiger partial charge in [-0.2, -0.15) is 4.39 Å². The third-order valence-corrected chi connectivity index (χ3v) is 2.82. The molecule has 0 radical (unpaired) electrons. The van der Waals surface area contributed by atoms with Crippen molar-refractivity contribution in [2.45, 2.75) is 46.3 Å². The van der Waals surface area contributed by atoms with E-state index in [1.807, 2.05) is 0 Å². The van der Waals surface area contributed by atoms with Gasteiger partial charge in [0.15, 0.2) is 0 Å². The molecule has 0 unspecified atom stereocenters. The molecule has 126 valence electrons. The second-order valence-electron chi connectivity index (χ2n) is 6.12. The van der Waals surface area contributed by atoms with Crippen LogP contribution in [0.2, 0.25) is 0 Å². The highest BCUT2D eigenvalue weighted by Crippen LogP contribution is 2.19. The quantitative estimate of drug-likeness (QED) is 0.578. The molecular weight excluding hydrogens is 293 g/mol. The second kappa shape index (κ2) is 7.58. The Hall–Kier alpha value is -1.63. The molecule has 0 bridgehead atoms. The van der Waals surface area contributed by atoms with E-state index < -0.39 is 23.5 Å². The number of rotatable bonds is 2. The normalized spacial score (nSPS) is 21.9. The van der Waals surface area contributed by atoms with Gasteiger partial charge in [-0.15, -0.1) is 0 Å². The minimum atomic E-state index is -1.04. The van der Waals surface area contributed by atoms with Crippen molar-refractivity contribution in [3.8, 4) is 0 Å². The van der Waals surface area contributed by atoms with Crippen molar-refractivity contribution >= 4 is 12.1 Å². The first-order chi connectivity index (χ1) is 10.1. The number of esters is 1. The molecule has 0 aromatic rings. The zero-order valence-electron chi connectivity index (χ0n) is 13.8. The van der Waals surface area contributed by atoms with Crippen LogP contribution in [-0.2, 0) is 19.0 Å². The lowest BCUT2D eigenvalue weighted by molar-refractivity contribution is -0.140. The number of halogens is 1. The summed E-state index contributed by atoms with van der Waals surface area (Å²) in [7, 11) is 0. The van der Waals surface area contributed by atoms with E-state index in [0.29, 0.717) is 0 Å². The maximum Gasteiger partial charge on any atom is 0.410 e. The van der Waals surface area contributed by atoms with Gasteiger partial charge in [0.05, 0.1) is 32.4 Å². The SMILES string of the molecule is CCOC(=O)/C(F)=C1\CO[C@@H](C)CN(C(=O)OC(C)(C)C)C1. The number of hydrogen-bond acceptors (Lipinski definition) is 5. The van der Waals surface area contributed by atoms with Gasteiger partial charge in [0.1, 0.15) is 5.60 Å². The Balaban J connectivity index is 2.93. The molecule has 1 fully saturated rings. The molecule has 22 heavy (non-hydrogen) atoms. The maximum absolute atomic E-state index is 14.1. The summed E-state index contributed by atoms with van der Waals surface area (Å²) in [5.74, 6) is -2.05. The molecule has 6 nitrogen and oxygen atoms in total. The van der Waals surface area contributed by atoms with Gasteiger partial charge in [-0.05, 0) is 34.6 Å². The van der Waals surface area contributed by atoms with Gasteiger partial charge < -0.3 is 19.1 Å². The fourth-order valence-electron chi connectivity index (χ4n) is 1.88. The van der Waals surface area contributed by atoms with Crippen LogP contribution in [0.3, 0.4) is 0 Å². The van der Waals surface area contributed by atoms with Crippen molar-refractivity contribution in [2.75, 3.05) is 26.3 Å². The molecule has 0 aromatic heterocycles. The summed E-state index contributed by atoms with van der Waals surface area (Å²) in [5.41, 5.74) is -0.578. The number of ether oxygens (including phenoxy) is 3. The molecule has 1 amide bonds. The summed E-state index contributed by atoms with van der Waals surface area (Å²) in [4.78, 5) is 25.0. The number of amides is 1. The largest absolute Gasteiger partial charge is 0.461 e. The Morgan fingerprint density at radius 3 is 2.59 bits per heavy atom. The van der Waals surface area contributed by atoms with E-state index in [-0.39, 0.29) is 38.0 Å². The zero-order chi connectivity index (χ0) is 16.9. The first-order valence-corrected chi connectivity index (χ1v) is 7.28. The summed E-state index contributed by atoms with van der Waals surface area (Å²) in [5, 5.41) is 0. The topological polar surface area (TPSA) is 65.1 Å². The highest BCUT2D eigenvalue weighted by Gasteiger charge is 2.29. The summed E-state index contributed by atoms with van der Waals surface area (Å²) < 4.78 is 29.4. The number of carbonyl (C=O) groups is 2. The van der Waals surface area contributed by atoms with E-state index in [2.05, 4.69) is 4.74 Å². The monoisotopic (exact) mass is 317 g/mol. The van der Waals surface area contributed by atoms with Crippen LogP contribution in [0.5, 0.6) is 0 Å². The van der Waals surface area contributed by atoms with Gasteiger partial charge >= 0.3 is 12.1 Å². The second-order valence-corrected chi connectivity index (χ2v) is 6.12. The van der Waals surface area contributed by atoms with Gasteiger partial charge in [0.2, 0.25) is 5.83 Å². The fraction of sp³-hybridized carbons (Fsp3) is 0.733. The Bertz CT molecular complexity index is 455. The summed E-state index contributed by atoms with van der Waals surface area (Å²) in [6.45, 7) is 8.81. The number of nitrogens with zero attached hydrogens (tertiary/aromatic N) is 1. The van der Waals surface area contributed by atoms with Crippen molar-refractivity contribution in [2.24, 2.45) is 0 Å². The van der Waals surface area contributed by atoms with E-state index in [9.17, 15) is 14.0 Å². The molecule has 0 N–H and O–H groups in total. The Morgan fingerprint density at radius 2 is 2.05 bits per heavy atom. The van der Waals surface area contributed by atoms with Crippen LogP contribution < -0.4 is 0 Å². The lowest BCUT2D eigenvalue weighted by atomic mass is 10.2. The summed E-state index contributed by atoms with van der Waals surface area (Å²) in [6, 6.07) is 0. The summed E-state index contributed by atoms with van der Waals surface area (Å²) in [6.07, 6.45) is -0.862. The van der Waals surface area contributed by atoms with Crippen LogP contribution in [0, 0.1) is 0 Å². The maximum atomic E-state index is 14.1. The number of hydrogen-bond donors (Lipinski definition) is 0. The van der Waals surface area contributed by atoms with Gasteiger partial charge in [-0.3, -0.25) is 0 Å². The molecular formula is C15H24FNO5. The molecule has 7 heteroatoms. The predicted octanol–water partition coefficient (Wildman–Crippen LogP) is 2.43. The lowest BCUT2D eigenvalue weighted by Crippen LogP contribution is -2.40. The van der Waals surface area contributed by atoms with Crippen LogP contribution in [0.4, 0.5) is 9.18 Å². The van der Waals surface area contributed by atoms with Crippen molar-refractivity contribution in [3.05, 3.63) is 11.4 Å². The van der Waals surface area contributed by atoms with Gasteiger partial charge in [0, 0.05) is 5.57 Å². The minimum Gasteiger partial charge on any atom is -0.461 e. The molecule has 1 saturated heterocycles. The molecule has 1 atom stereocenters. The van der Waals surface area contributed by atoms with Crippen molar-refractivity contribution < 1.29 is 28.2 Å². The molecule has 0 aliphatic carbocycles. The van der Waals surface area contributed by atoms with E-state index in [1.165, 1.54) is 4.90 Å². The Kier molecular flexibility index (Phi) is 6.34. The predicted molar refractivity (Wildman–Crippen MR) is 78.0 cm³/mol. The average Bonchev–Trinajstić information content (AvgIpc) is 2.58. The van der Waals surface area contributed by atoms with Crippen LogP contribution in [-0.4, -0.2) is 55.0 Å². The van der Waals surface area contributed by atoms with Crippen molar-refractivity contribution in [3.63, 3.8) is 0 Å². The molecule has 1 aliphatic heterocycles. The fourth-order valence-corrected chi connectivity index (χ4v) is 1.88. The number of carbonyl (C=O) groups excluding carboxylic acids is 2. The standard InChI is InChI=1S/C15H24FNO5/c1-6-20-13(18)12(16)11-8-17(7-10(2)21-9-11)14(19)22-15(3,4)5/h10H,6-9H2,1-5H3/b12-11+/t10-/m0/s1. The van der Waals surface area contributed by atoms with Crippen LogP contribution in [0.1, 0.15) is 34.6 Å². The van der Waals surface area contributed by atoms with E-state index in [4.69, 9.17) is 9.47 Å². The van der Waals surface area contributed by atoms with E-state index in [0.717, 1.165) is 0 Å². The third-order valence-electron chi connectivity index (χ3n) is 2.82. The van der Waals surface area contributed by atoms with E-state index in [1.54, 1.807) is 34.6 Å². The molecule has 0 aromatic carbocycles. The Morgan fingerprint density at radius 1 is 1.41 bits per heavy atom. The van der Waals surface area contributed by atoms with Crippen LogP contribution in [0.15, 0.2) is 11.4 Å². The molecule has 1 aliphatic rings. The van der Waals surface area contributed by atoms with Crippen molar-refractivity contribution in [1.82, 2.24) is 4.90 Å². The average molecular weight is 317 g/mol. The van der Waals surface area contributed by atoms with E-state index >= 15 is 0 Å². The summed E-state index contributed by atoms with van der Waals surface area (Å²) >= 11 is 0. The Labute approximate surface area is 130 Å². The molecule has 1 rings (SSSR count). The van der Waals surface area contributed by atoms with Gasteiger partial charge in [-0.25, -0.2) is 9.59 Å². The van der Waals surface area contributed by atoms with Crippen LogP contribution >= 0.6 is 0 Å². The minimum absolute atomic E-state index is 0.0644. The highest BCUT2D eigenvalue weighted by molar-refractivity contribution is 5.87. The van der Waals surface area contributed by atoms with Gasteiger partial charge in [-0.1, -0.05) is 0 Å². The molecule has 0 saturated carbocycles. The first-order valence-electron chi connectivity index (χ1n) is 7.28. The highest BCUT2D eigenvalue weighted by atomic mass is 19.1. The first kappa shape index (κ1) is 18.4. The third kappa shape index (κ3) is 5.63. The lowest BCUT2D eigenvalue weighted by Gasteiger charge is -2.27. The molecule has 1 heterocycles.